The van der Waals surface area contributed by atoms with E-state index in [0.29, 0.717) is 22.2 Å². The van der Waals surface area contributed by atoms with Gasteiger partial charge in [-0.2, -0.15) is 5.10 Å². The highest BCUT2D eigenvalue weighted by Crippen LogP contribution is 2.19. The smallest absolute Gasteiger partial charge is 0.276 e. The van der Waals surface area contributed by atoms with Crippen LogP contribution in [0.4, 0.5) is 5.69 Å². The van der Waals surface area contributed by atoms with Crippen molar-refractivity contribution >= 4 is 23.2 Å². The first-order valence-electron chi connectivity index (χ1n) is 5.88. The molecule has 20 heavy (non-hydrogen) atoms. The van der Waals surface area contributed by atoms with Crippen LogP contribution in [0.3, 0.4) is 0 Å². The lowest BCUT2D eigenvalue weighted by Gasteiger charge is -2.02. The van der Waals surface area contributed by atoms with Crippen LogP contribution in [0.1, 0.15) is 10.5 Å². The molecule has 2 aromatic heterocycles. The number of aromatic amines is 1. The molecular weight excluding hydrogens is 278 g/mol. The van der Waals surface area contributed by atoms with Gasteiger partial charge in [-0.15, -0.1) is 0 Å². The predicted molar refractivity (Wildman–Crippen MR) is 75.7 cm³/mol. The number of nitrogens with zero attached hydrogens (tertiary/aromatic N) is 1. The van der Waals surface area contributed by atoms with Gasteiger partial charge in [0.2, 0.25) is 0 Å². The number of carbonyl (C=O) groups is 1. The molecule has 100 valence electrons. The minimum Gasteiger partial charge on any atom is -0.463 e. The molecule has 0 atom stereocenters. The van der Waals surface area contributed by atoms with Gasteiger partial charge in [-0.1, -0.05) is 11.6 Å². The first-order valence-corrected chi connectivity index (χ1v) is 6.26. The Morgan fingerprint density at radius 3 is 2.75 bits per heavy atom. The number of halogens is 1. The molecule has 0 radical (unpaired) electrons. The van der Waals surface area contributed by atoms with Crippen molar-refractivity contribution in [3.63, 3.8) is 0 Å². The Hall–Kier alpha value is -2.53. The van der Waals surface area contributed by atoms with E-state index in [0.717, 1.165) is 0 Å². The predicted octanol–water partition coefficient (Wildman–Crippen LogP) is 3.58. The summed E-state index contributed by atoms with van der Waals surface area (Å²) in [6.45, 7) is 0. The van der Waals surface area contributed by atoms with E-state index in [9.17, 15) is 4.79 Å². The molecule has 3 rings (SSSR count). The molecule has 2 heterocycles. The summed E-state index contributed by atoms with van der Waals surface area (Å²) in [5.74, 6) is 0.324. The van der Waals surface area contributed by atoms with Gasteiger partial charge in [0.25, 0.3) is 5.91 Å². The molecular formula is C14H10ClN3O2. The normalized spacial score (nSPS) is 10.4. The van der Waals surface area contributed by atoms with E-state index >= 15 is 0 Å². The van der Waals surface area contributed by atoms with Crippen molar-refractivity contribution in [3.8, 4) is 11.5 Å². The molecule has 0 saturated carbocycles. The third kappa shape index (κ3) is 2.57. The highest BCUT2D eigenvalue weighted by molar-refractivity contribution is 6.30. The summed E-state index contributed by atoms with van der Waals surface area (Å²) < 4.78 is 5.23. The average Bonchev–Trinajstić information content (AvgIpc) is 3.11. The van der Waals surface area contributed by atoms with Crippen molar-refractivity contribution in [1.29, 1.82) is 0 Å². The molecule has 0 saturated heterocycles. The second-order valence-electron chi connectivity index (χ2n) is 4.11. The van der Waals surface area contributed by atoms with Crippen LogP contribution in [0.2, 0.25) is 5.02 Å². The van der Waals surface area contributed by atoms with Crippen LogP contribution >= 0.6 is 11.6 Å². The molecule has 5 nitrogen and oxygen atoms in total. The van der Waals surface area contributed by atoms with Crippen molar-refractivity contribution in [1.82, 2.24) is 10.2 Å². The lowest BCUT2D eigenvalue weighted by Crippen LogP contribution is -2.12. The Bertz CT molecular complexity index is 717. The number of anilines is 1. The Morgan fingerprint density at radius 2 is 2.05 bits per heavy atom. The molecule has 0 aliphatic heterocycles. The Labute approximate surface area is 119 Å². The standard InChI is InChI=1S/C14H10ClN3O2/c15-9-3-5-10(6-4-9)16-14(19)12-8-11(17-18-12)13-2-1-7-20-13/h1-8H,(H,16,19)(H,17,18). The second-order valence-corrected chi connectivity index (χ2v) is 4.54. The Balaban J connectivity index is 1.76. The number of aromatic nitrogens is 2. The minimum atomic E-state index is -0.304. The van der Waals surface area contributed by atoms with Crippen LogP contribution in [-0.2, 0) is 0 Å². The van der Waals surface area contributed by atoms with E-state index < -0.39 is 0 Å². The fourth-order valence-electron chi connectivity index (χ4n) is 1.72. The Morgan fingerprint density at radius 1 is 1.25 bits per heavy atom. The number of benzene rings is 1. The summed E-state index contributed by atoms with van der Waals surface area (Å²) in [5, 5.41) is 10.1. The average molecular weight is 288 g/mol. The van der Waals surface area contributed by atoms with Gasteiger partial charge in [0, 0.05) is 16.8 Å². The summed E-state index contributed by atoms with van der Waals surface area (Å²) in [7, 11) is 0. The molecule has 0 fully saturated rings. The van der Waals surface area contributed by atoms with E-state index in [2.05, 4.69) is 15.5 Å². The van der Waals surface area contributed by atoms with Crippen LogP contribution in [-0.4, -0.2) is 16.1 Å². The molecule has 0 bridgehead atoms. The van der Waals surface area contributed by atoms with Gasteiger partial charge < -0.3 is 9.73 Å². The van der Waals surface area contributed by atoms with Gasteiger partial charge in [-0.3, -0.25) is 9.89 Å². The zero-order chi connectivity index (χ0) is 13.9. The van der Waals surface area contributed by atoms with Crippen LogP contribution in [0.25, 0.3) is 11.5 Å². The highest BCUT2D eigenvalue weighted by Gasteiger charge is 2.12. The van der Waals surface area contributed by atoms with Gasteiger partial charge in [-0.25, -0.2) is 0 Å². The number of carbonyl (C=O) groups excluding carboxylic acids is 1. The van der Waals surface area contributed by atoms with E-state index in [-0.39, 0.29) is 11.6 Å². The van der Waals surface area contributed by atoms with Gasteiger partial charge >= 0.3 is 0 Å². The fourth-order valence-corrected chi connectivity index (χ4v) is 1.85. The number of nitrogens with one attached hydrogen (secondary N) is 2. The van der Waals surface area contributed by atoms with E-state index in [4.69, 9.17) is 16.0 Å². The number of hydrogen-bond donors (Lipinski definition) is 2. The zero-order valence-electron chi connectivity index (χ0n) is 10.3. The molecule has 1 aromatic carbocycles. The third-order valence-electron chi connectivity index (χ3n) is 2.70. The molecule has 3 aromatic rings. The van der Waals surface area contributed by atoms with Crippen molar-refractivity contribution < 1.29 is 9.21 Å². The zero-order valence-corrected chi connectivity index (χ0v) is 11.0. The Kier molecular flexibility index (Phi) is 3.26. The summed E-state index contributed by atoms with van der Waals surface area (Å²) in [6.07, 6.45) is 1.56. The molecule has 0 unspecified atom stereocenters. The van der Waals surface area contributed by atoms with Crippen LogP contribution in [0.5, 0.6) is 0 Å². The fraction of sp³-hybridized carbons (Fsp3) is 0. The van der Waals surface area contributed by atoms with Crippen LogP contribution < -0.4 is 5.32 Å². The minimum absolute atomic E-state index is 0.284. The van der Waals surface area contributed by atoms with E-state index in [1.807, 2.05) is 0 Å². The summed E-state index contributed by atoms with van der Waals surface area (Å²) in [5.41, 5.74) is 1.59. The number of furan rings is 1. The van der Waals surface area contributed by atoms with Crippen LogP contribution in [0, 0.1) is 0 Å². The lowest BCUT2D eigenvalue weighted by molar-refractivity contribution is 0.102. The second kappa shape index (κ2) is 5.22. The SMILES string of the molecule is O=C(Nc1ccc(Cl)cc1)c1cc(-c2ccco2)[nH]n1. The number of rotatable bonds is 3. The van der Waals surface area contributed by atoms with Crippen molar-refractivity contribution in [3.05, 3.63) is 59.4 Å². The lowest BCUT2D eigenvalue weighted by atomic mass is 10.2. The highest BCUT2D eigenvalue weighted by atomic mass is 35.5. The molecule has 1 amide bonds. The molecule has 0 aliphatic carbocycles. The van der Waals surface area contributed by atoms with Gasteiger partial charge in [-0.05, 0) is 36.4 Å². The summed E-state index contributed by atoms with van der Waals surface area (Å²) in [6, 6.07) is 12.0. The monoisotopic (exact) mass is 287 g/mol. The quantitative estimate of drug-likeness (QED) is 0.773. The number of hydrogen-bond acceptors (Lipinski definition) is 3. The third-order valence-corrected chi connectivity index (χ3v) is 2.95. The summed E-state index contributed by atoms with van der Waals surface area (Å²) >= 11 is 5.79. The van der Waals surface area contributed by atoms with Crippen molar-refractivity contribution in [2.75, 3.05) is 5.32 Å². The van der Waals surface area contributed by atoms with Gasteiger partial charge in [0.05, 0.1) is 6.26 Å². The van der Waals surface area contributed by atoms with E-state index in [1.165, 1.54) is 0 Å². The molecule has 6 heteroatoms. The van der Waals surface area contributed by atoms with E-state index in [1.54, 1.807) is 48.7 Å². The molecule has 0 spiro atoms. The maximum absolute atomic E-state index is 12.0. The molecule has 2 N–H and O–H groups in total. The number of H-pyrrole nitrogens is 1. The first kappa shape index (κ1) is 12.5. The topological polar surface area (TPSA) is 70.9 Å². The summed E-state index contributed by atoms with van der Waals surface area (Å²) in [4.78, 5) is 12.0. The molecule has 0 aliphatic rings. The maximum atomic E-state index is 12.0. The first-order chi connectivity index (χ1) is 9.72. The maximum Gasteiger partial charge on any atom is 0.276 e. The number of amides is 1. The van der Waals surface area contributed by atoms with Gasteiger partial charge in [0.1, 0.15) is 5.69 Å². The van der Waals surface area contributed by atoms with Gasteiger partial charge in [0.15, 0.2) is 11.5 Å². The van der Waals surface area contributed by atoms with Crippen LogP contribution in [0.15, 0.2) is 53.1 Å². The largest absolute Gasteiger partial charge is 0.463 e. The van der Waals surface area contributed by atoms with Crippen molar-refractivity contribution in [2.24, 2.45) is 0 Å². The van der Waals surface area contributed by atoms with Crippen molar-refractivity contribution in [2.45, 2.75) is 0 Å².